The lowest BCUT2D eigenvalue weighted by Crippen LogP contribution is -2.43. The number of anilines is 1. The smallest absolute Gasteiger partial charge is 0.234 e. The van der Waals surface area contributed by atoms with Gasteiger partial charge in [-0.2, -0.15) is 0 Å². The third-order valence-corrected chi connectivity index (χ3v) is 5.75. The molecule has 1 aliphatic rings. The summed E-state index contributed by atoms with van der Waals surface area (Å²) in [5.41, 5.74) is 2.82. The number of nitrogens with one attached hydrogen (secondary N) is 2. The van der Waals surface area contributed by atoms with Crippen molar-refractivity contribution in [1.82, 2.24) is 10.2 Å². The maximum absolute atomic E-state index is 12.5. The van der Waals surface area contributed by atoms with Gasteiger partial charge in [0.05, 0.1) is 18.3 Å². The number of rotatable bonds is 7. The fraction of sp³-hybridized carbons (Fsp3) is 0.417. The van der Waals surface area contributed by atoms with Crippen molar-refractivity contribution >= 4 is 17.5 Å². The van der Waals surface area contributed by atoms with Gasteiger partial charge in [-0.15, -0.1) is 0 Å². The lowest BCUT2D eigenvalue weighted by atomic mass is 9.95. The Morgan fingerprint density at radius 3 is 2.40 bits per heavy atom. The topological polar surface area (TPSA) is 81.7 Å². The average Bonchev–Trinajstić information content (AvgIpc) is 2.75. The van der Waals surface area contributed by atoms with Crippen molar-refractivity contribution in [3.63, 3.8) is 0 Å². The highest BCUT2D eigenvalue weighted by molar-refractivity contribution is 5.93. The monoisotopic (exact) mass is 409 g/mol. The Hall–Kier alpha value is -2.86. The van der Waals surface area contributed by atoms with Crippen molar-refractivity contribution < 1.29 is 14.7 Å². The summed E-state index contributed by atoms with van der Waals surface area (Å²) < 4.78 is 0. The number of piperidine rings is 1. The fourth-order valence-corrected chi connectivity index (χ4v) is 3.78. The molecule has 2 aromatic carbocycles. The number of hydrogen-bond donors (Lipinski definition) is 3. The molecule has 6 nitrogen and oxygen atoms in total. The molecule has 3 rings (SSSR count). The molecule has 2 amide bonds. The second-order valence-corrected chi connectivity index (χ2v) is 7.94. The van der Waals surface area contributed by atoms with Crippen LogP contribution in [0.1, 0.15) is 43.9 Å². The highest BCUT2D eigenvalue weighted by Crippen LogP contribution is 2.24. The molecule has 30 heavy (non-hydrogen) atoms. The molecule has 0 bridgehead atoms. The maximum Gasteiger partial charge on any atom is 0.234 e. The first kappa shape index (κ1) is 21.8. The number of benzene rings is 2. The standard InChI is InChI=1S/C24H31N3O3/c1-3-18-8-10-19(11-9-18)17(2)25-23(29)16-27-14-12-20(13-15-27)24(30)26-21-6-4-5-7-22(21)28/h4-11,17,20,28H,3,12-16H2,1-2H3,(H,25,29)(H,26,30)/t17-/m1/s1. The van der Waals surface area contributed by atoms with Crippen LogP contribution in [0.25, 0.3) is 0 Å². The van der Waals surface area contributed by atoms with E-state index in [1.165, 1.54) is 5.56 Å². The van der Waals surface area contributed by atoms with Gasteiger partial charge < -0.3 is 15.7 Å². The van der Waals surface area contributed by atoms with Crippen LogP contribution in [0.2, 0.25) is 0 Å². The fourth-order valence-electron chi connectivity index (χ4n) is 3.78. The zero-order chi connectivity index (χ0) is 21.5. The van der Waals surface area contributed by atoms with Crippen LogP contribution in [0.4, 0.5) is 5.69 Å². The zero-order valence-corrected chi connectivity index (χ0v) is 17.7. The van der Waals surface area contributed by atoms with Gasteiger partial charge in [0.2, 0.25) is 11.8 Å². The van der Waals surface area contributed by atoms with E-state index in [1.807, 2.05) is 6.92 Å². The van der Waals surface area contributed by atoms with E-state index in [9.17, 15) is 14.7 Å². The predicted octanol–water partition coefficient (Wildman–Crippen LogP) is 3.48. The molecule has 2 aromatic rings. The second-order valence-electron chi connectivity index (χ2n) is 7.94. The predicted molar refractivity (Wildman–Crippen MR) is 118 cm³/mol. The van der Waals surface area contributed by atoms with Gasteiger partial charge in [0.25, 0.3) is 0 Å². The van der Waals surface area contributed by atoms with E-state index in [0.717, 1.165) is 12.0 Å². The van der Waals surface area contributed by atoms with Gasteiger partial charge in [-0.1, -0.05) is 43.3 Å². The molecule has 0 radical (unpaired) electrons. The molecule has 0 saturated carbocycles. The first-order valence-corrected chi connectivity index (χ1v) is 10.7. The zero-order valence-electron chi connectivity index (χ0n) is 17.7. The van der Waals surface area contributed by atoms with E-state index < -0.39 is 0 Å². The highest BCUT2D eigenvalue weighted by atomic mass is 16.3. The molecule has 1 heterocycles. The third kappa shape index (κ3) is 5.83. The number of carbonyl (C=O) groups excluding carboxylic acids is 2. The minimum Gasteiger partial charge on any atom is -0.506 e. The van der Waals surface area contributed by atoms with Crippen molar-refractivity contribution in [3.8, 4) is 5.75 Å². The Bertz CT molecular complexity index is 858. The van der Waals surface area contributed by atoms with Gasteiger partial charge in [0.15, 0.2) is 0 Å². The molecule has 1 fully saturated rings. The van der Waals surface area contributed by atoms with Crippen LogP contribution in [-0.4, -0.2) is 41.5 Å². The third-order valence-electron chi connectivity index (χ3n) is 5.75. The molecule has 6 heteroatoms. The number of nitrogens with zero attached hydrogens (tertiary/aromatic N) is 1. The highest BCUT2D eigenvalue weighted by Gasteiger charge is 2.26. The number of phenols is 1. The molecule has 0 aromatic heterocycles. The van der Waals surface area contributed by atoms with E-state index in [4.69, 9.17) is 0 Å². The summed E-state index contributed by atoms with van der Waals surface area (Å²) in [5.74, 6) is -0.123. The molecule has 1 saturated heterocycles. The summed E-state index contributed by atoms with van der Waals surface area (Å²) in [6.07, 6.45) is 2.39. The van der Waals surface area contributed by atoms with E-state index in [-0.39, 0.29) is 29.5 Å². The Morgan fingerprint density at radius 2 is 1.77 bits per heavy atom. The van der Waals surface area contributed by atoms with Crippen LogP contribution < -0.4 is 10.6 Å². The number of para-hydroxylation sites is 2. The van der Waals surface area contributed by atoms with E-state index in [2.05, 4.69) is 46.7 Å². The Kier molecular flexibility index (Phi) is 7.46. The second kappa shape index (κ2) is 10.3. The summed E-state index contributed by atoms with van der Waals surface area (Å²) in [6.45, 7) is 5.86. The quantitative estimate of drug-likeness (QED) is 0.612. The summed E-state index contributed by atoms with van der Waals surface area (Å²) in [4.78, 5) is 27.0. The van der Waals surface area contributed by atoms with E-state index in [0.29, 0.717) is 38.2 Å². The minimum absolute atomic E-state index is 0.000762. The lowest BCUT2D eigenvalue weighted by Gasteiger charge is -2.31. The van der Waals surface area contributed by atoms with Crippen LogP contribution in [0.3, 0.4) is 0 Å². The van der Waals surface area contributed by atoms with Crippen molar-refractivity contribution in [2.24, 2.45) is 5.92 Å². The van der Waals surface area contributed by atoms with Gasteiger partial charge in [-0.3, -0.25) is 14.5 Å². The molecular formula is C24H31N3O3. The number of carbonyl (C=O) groups is 2. The largest absolute Gasteiger partial charge is 0.506 e. The van der Waals surface area contributed by atoms with Crippen LogP contribution in [0.5, 0.6) is 5.75 Å². The van der Waals surface area contributed by atoms with Crippen molar-refractivity contribution in [2.75, 3.05) is 25.0 Å². The van der Waals surface area contributed by atoms with Gasteiger partial charge in [0, 0.05) is 5.92 Å². The summed E-state index contributed by atoms with van der Waals surface area (Å²) in [5, 5.41) is 15.7. The Balaban J connectivity index is 1.43. The molecule has 0 aliphatic carbocycles. The van der Waals surface area contributed by atoms with Gasteiger partial charge in [-0.05, 0) is 62.5 Å². The number of aryl methyl sites for hydroxylation is 1. The van der Waals surface area contributed by atoms with E-state index in [1.54, 1.807) is 24.3 Å². The maximum atomic E-state index is 12.5. The number of hydrogen-bond acceptors (Lipinski definition) is 4. The number of aromatic hydroxyl groups is 1. The molecule has 1 atom stereocenters. The van der Waals surface area contributed by atoms with Gasteiger partial charge in [0.1, 0.15) is 5.75 Å². The lowest BCUT2D eigenvalue weighted by molar-refractivity contribution is -0.124. The summed E-state index contributed by atoms with van der Waals surface area (Å²) in [6, 6.07) is 15.0. The molecule has 0 spiro atoms. The van der Waals surface area contributed by atoms with Gasteiger partial charge >= 0.3 is 0 Å². The van der Waals surface area contributed by atoms with Crippen LogP contribution in [0.15, 0.2) is 48.5 Å². The normalized spacial score (nSPS) is 16.1. The number of likely N-dealkylation sites (tertiary alicyclic amines) is 1. The first-order chi connectivity index (χ1) is 14.5. The van der Waals surface area contributed by atoms with Gasteiger partial charge in [-0.25, -0.2) is 0 Å². The summed E-state index contributed by atoms with van der Waals surface area (Å²) in [7, 11) is 0. The van der Waals surface area contributed by atoms with Crippen molar-refractivity contribution in [2.45, 2.75) is 39.2 Å². The summed E-state index contributed by atoms with van der Waals surface area (Å²) >= 11 is 0. The van der Waals surface area contributed by atoms with Crippen molar-refractivity contribution in [1.29, 1.82) is 0 Å². The van der Waals surface area contributed by atoms with Crippen LogP contribution in [-0.2, 0) is 16.0 Å². The number of phenolic OH excluding ortho intramolecular Hbond substituents is 1. The van der Waals surface area contributed by atoms with E-state index >= 15 is 0 Å². The SMILES string of the molecule is CCc1ccc([C@@H](C)NC(=O)CN2CCC(C(=O)Nc3ccccc3O)CC2)cc1. The first-order valence-electron chi connectivity index (χ1n) is 10.7. The average molecular weight is 410 g/mol. The number of amides is 2. The molecular weight excluding hydrogens is 378 g/mol. The molecule has 0 unspecified atom stereocenters. The molecule has 3 N–H and O–H groups in total. The van der Waals surface area contributed by atoms with Crippen LogP contribution >= 0.6 is 0 Å². The Labute approximate surface area is 178 Å². The molecule has 1 aliphatic heterocycles. The van der Waals surface area contributed by atoms with Crippen molar-refractivity contribution in [3.05, 3.63) is 59.7 Å². The minimum atomic E-state index is -0.111. The van der Waals surface area contributed by atoms with Crippen LogP contribution in [0, 0.1) is 5.92 Å². The molecule has 160 valence electrons. The Morgan fingerprint density at radius 1 is 1.10 bits per heavy atom.